The van der Waals surface area contributed by atoms with Crippen LogP contribution in [0.2, 0.25) is 5.02 Å². The maximum Gasteiger partial charge on any atom is 0.271 e. The van der Waals surface area contributed by atoms with Crippen molar-refractivity contribution in [2.24, 2.45) is 0 Å². The summed E-state index contributed by atoms with van der Waals surface area (Å²) >= 11 is 7.11. The number of amides is 1. The number of aromatic nitrogens is 2. The Labute approximate surface area is 162 Å². The molecule has 0 aliphatic carbocycles. The maximum absolute atomic E-state index is 13.4. The van der Waals surface area contributed by atoms with Crippen LogP contribution in [0.25, 0.3) is 5.69 Å². The predicted octanol–water partition coefficient (Wildman–Crippen LogP) is 4.30. The number of halogens is 2. The average molecular weight is 407 g/mol. The summed E-state index contributed by atoms with van der Waals surface area (Å²) in [5.74, 6) is -0.794. The van der Waals surface area contributed by atoms with Crippen LogP contribution >= 0.6 is 23.4 Å². The minimum atomic E-state index is -0.573. The van der Waals surface area contributed by atoms with Crippen molar-refractivity contribution in [3.63, 3.8) is 0 Å². The molecule has 0 spiro atoms. The summed E-state index contributed by atoms with van der Waals surface area (Å²) in [5, 5.41) is 14.1. The molecule has 2 aromatic carbocycles. The van der Waals surface area contributed by atoms with E-state index in [9.17, 15) is 19.3 Å². The molecular weight excluding hydrogens is 395 g/mol. The zero-order valence-corrected chi connectivity index (χ0v) is 15.2. The largest absolute Gasteiger partial charge is 0.324 e. The SMILES string of the molecule is O=C(CSc1nccn1-c1cccc(F)c1)Nc1cc([N+](=O)[O-])ccc1Cl. The van der Waals surface area contributed by atoms with Crippen LogP contribution < -0.4 is 5.32 Å². The van der Waals surface area contributed by atoms with Crippen molar-refractivity contribution >= 4 is 40.6 Å². The number of nitrogens with zero attached hydrogens (tertiary/aromatic N) is 3. The number of nitrogens with one attached hydrogen (secondary N) is 1. The normalized spacial score (nSPS) is 10.6. The first-order valence-corrected chi connectivity index (χ1v) is 8.96. The number of thioether (sulfide) groups is 1. The summed E-state index contributed by atoms with van der Waals surface area (Å²) < 4.78 is 15.1. The fraction of sp³-hybridized carbons (Fsp3) is 0.0588. The Kier molecular flexibility index (Phi) is 5.72. The van der Waals surface area contributed by atoms with Gasteiger partial charge >= 0.3 is 0 Å². The molecule has 0 unspecified atom stereocenters. The monoisotopic (exact) mass is 406 g/mol. The number of hydrogen-bond donors (Lipinski definition) is 1. The summed E-state index contributed by atoms with van der Waals surface area (Å²) in [6.45, 7) is 0. The number of carbonyl (C=O) groups excluding carboxylic acids is 1. The van der Waals surface area contributed by atoms with E-state index in [4.69, 9.17) is 11.6 Å². The van der Waals surface area contributed by atoms with E-state index in [1.54, 1.807) is 29.1 Å². The van der Waals surface area contributed by atoms with Crippen LogP contribution in [0.3, 0.4) is 0 Å². The predicted molar refractivity (Wildman–Crippen MR) is 101 cm³/mol. The van der Waals surface area contributed by atoms with E-state index >= 15 is 0 Å². The van der Waals surface area contributed by atoms with E-state index < -0.39 is 10.8 Å². The van der Waals surface area contributed by atoms with Crippen molar-refractivity contribution in [1.29, 1.82) is 0 Å². The first-order chi connectivity index (χ1) is 12.9. The number of rotatable bonds is 6. The van der Waals surface area contributed by atoms with Crippen LogP contribution in [0.5, 0.6) is 0 Å². The second-order valence-corrected chi connectivity index (χ2v) is 6.67. The Morgan fingerprint density at radius 2 is 2.15 bits per heavy atom. The topological polar surface area (TPSA) is 90.1 Å². The third-order valence-corrected chi connectivity index (χ3v) is 4.76. The summed E-state index contributed by atoms with van der Waals surface area (Å²) in [7, 11) is 0. The molecule has 0 saturated carbocycles. The van der Waals surface area contributed by atoms with Crippen molar-refractivity contribution < 1.29 is 14.1 Å². The van der Waals surface area contributed by atoms with E-state index in [-0.39, 0.29) is 28.0 Å². The van der Waals surface area contributed by atoms with Crippen LogP contribution in [0.4, 0.5) is 15.8 Å². The van der Waals surface area contributed by atoms with E-state index in [2.05, 4.69) is 10.3 Å². The highest BCUT2D eigenvalue weighted by Gasteiger charge is 2.14. The molecule has 1 amide bonds. The highest BCUT2D eigenvalue weighted by molar-refractivity contribution is 7.99. The van der Waals surface area contributed by atoms with Crippen molar-refractivity contribution in [3.8, 4) is 5.69 Å². The molecule has 1 aromatic heterocycles. The molecule has 0 aliphatic rings. The first kappa shape index (κ1) is 18.9. The van der Waals surface area contributed by atoms with Crippen LogP contribution in [-0.2, 0) is 4.79 Å². The molecule has 10 heteroatoms. The molecule has 1 N–H and O–H groups in total. The Morgan fingerprint density at radius 1 is 1.33 bits per heavy atom. The second-order valence-electron chi connectivity index (χ2n) is 5.32. The van der Waals surface area contributed by atoms with Gasteiger partial charge in [-0.3, -0.25) is 19.5 Å². The van der Waals surface area contributed by atoms with Crippen LogP contribution in [-0.4, -0.2) is 26.1 Å². The molecule has 0 saturated heterocycles. The van der Waals surface area contributed by atoms with Gasteiger partial charge in [0, 0.05) is 24.5 Å². The van der Waals surface area contributed by atoms with Gasteiger partial charge in [-0.2, -0.15) is 0 Å². The van der Waals surface area contributed by atoms with Gasteiger partial charge in [0.1, 0.15) is 5.82 Å². The van der Waals surface area contributed by atoms with Gasteiger partial charge in [-0.25, -0.2) is 9.37 Å². The van der Waals surface area contributed by atoms with E-state index in [1.165, 1.54) is 30.3 Å². The van der Waals surface area contributed by atoms with Crippen molar-refractivity contribution in [1.82, 2.24) is 9.55 Å². The van der Waals surface area contributed by atoms with Crippen LogP contribution in [0, 0.1) is 15.9 Å². The molecule has 0 radical (unpaired) electrons. The number of nitro benzene ring substituents is 1. The van der Waals surface area contributed by atoms with Crippen LogP contribution in [0.1, 0.15) is 0 Å². The van der Waals surface area contributed by atoms with Gasteiger partial charge in [0.2, 0.25) is 5.91 Å². The molecular formula is C17H12ClFN4O3S. The van der Waals surface area contributed by atoms with E-state index in [0.29, 0.717) is 10.8 Å². The van der Waals surface area contributed by atoms with E-state index in [0.717, 1.165) is 11.8 Å². The maximum atomic E-state index is 13.4. The molecule has 0 fully saturated rings. The Morgan fingerprint density at radius 3 is 2.89 bits per heavy atom. The van der Waals surface area contributed by atoms with Gasteiger partial charge < -0.3 is 5.32 Å². The smallest absolute Gasteiger partial charge is 0.271 e. The molecule has 0 atom stereocenters. The van der Waals surface area contributed by atoms with Gasteiger partial charge in [-0.1, -0.05) is 29.4 Å². The number of carbonyl (C=O) groups is 1. The average Bonchev–Trinajstić information content (AvgIpc) is 3.10. The number of benzene rings is 2. The van der Waals surface area contributed by atoms with Crippen LogP contribution in [0.15, 0.2) is 60.0 Å². The fourth-order valence-corrected chi connectivity index (χ4v) is 3.20. The minimum absolute atomic E-state index is 0.00858. The standard InChI is InChI=1S/C17H12ClFN4O3S/c18-14-5-4-13(23(25)26)9-15(14)21-16(24)10-27-17-20-6-7-22(17)12-3-1-2-11(19)8-12/h1-9H,10H2,(H,21,24). The molecule has 7 nitrogen and oxygen atoms in total. The number of imidazole rings is 1. The highest BCUT2D eigenvalue weighted by Crippen LogP contribution is 2.27. The number of hydrogen-bond acceptors (Lipinski definition) is 5. The zero-order valence-electron chi connectivity index (χ0n) is 13.6. The summed E-state index contributed by atoms with van der Waals surface area (Å²) in [6, 6.07) is 9.78. The molecule has 3 rings (SSSR count). The Balaban J connectivity index is 1.68. The van der Waals surface area contributed by atoms with Gasteiger partial charge in [-0.05, 0) is 24.3 Å². The van der Waals surface area contributed by atoms with Gasteiger partial charge in [-0.15, -0.1) is 0 Å². The van der Waals surface area contributed by atoms with Gasteiger partial charge in [0.05, 0.1) is 27.1 Å². The molecule has 0 aliphatic heterocycles. The van der Waals surface area contributed by atoms with Crippen molar-refractivity contribution in [2.45, 2.75) is 5.16 Å². The lowest BCUT2D eigenvalue weighted by Crippen LogP contribution is -2.15. The molecule has 3 aromatic rings. The lowest BCUT2D eigenvalue weighted by molar-refractivity contribution is -0.384. The lowest BCUT2D eigenvalue weighted by Gasteiger charge is -2.09. The number of non-ortho nitro benzene ring substituents is 1. The Bertz CT molecular complexity index is 1010. The quantitative estimate of drug-likeness (QED) is 0.374. The zero-order chi connectivity index (χ0) is 19.4. The first-order valence-electron chi connectivity index (χ1n) is 7.60. The minimum Gasteiger partial charge on any atom is -0.324 e. The number of nitro groups is 1. The third-order valence-electron chi connectivity index (χ3n) is 3.46. The molecule has 27 heavy (non-hydrogen) atoms. The molecule has 1 heterocycles. The van der Waals surface area contributed by atoms with Crippen molar-refractivity contribution in [2.75, 3.05) is 11.1 Å². The van der Waals surface area contributed by atoms with Gasteiger partial charge in [0.25, 0.3) is 5.69 Å². The summed E-state index contributed by atoms with van der Waals surface area (Å²) in [5.41, 5.74) is 0.561. The molecule has 0 bridgehead atoms. The Hall–Kier alpha value is -2.91. The second kappa shape index (κ2) is 8.19. The lowest BCUT2D eigenvalue weighted by atomic mass is 10.3. The highest BCUT2D eigenvalue weighted by atomic mass is 35.5. The fourth-order valence-electron chi connectivity index (χ4n) is 2.26. The van der Waals surface area contributed by atoms with E-state index in [1.807, 2.05) is 0 Å². The summed E-state index contributed by atoms with van der Waals surface area (Å²) in [4.78, 5) is 26.6. The number of anilines is 1. The molecule has 138 valence electrons. The summed E-state index contributed by atoms with van der Waals surface area (Å²) in [6.07, 6.45) is 3.20. The van der Waals surface area contributed by atoms with Gasteiger partial charge in [0.15, 0.2) is 5.16 Å². The van der Waals surface area contributed by atoms with Crippen molar-refractivity contribution in [3.05, 3.63) is 75.8 Å². The third kappa shape index (κ3) is 4.63.